The number of hydrogen-bond donors (Lipinski definition) is 5. The zero-order valence-corrected chi connectivity index (χ0v) is 20.4. The minimum absolute atomic E-state index is 0. The second-order valence-electron chi connectivity index (χ2n) is 7.18. The fourth-order valence-corrected chi connectivity index (χ4v) is 3.02. The third kappa shape index (κ3) is 6.85. The number of H-pyrrole nitrogens is 1. The summed E-state index contributed by atoms with van der Waals surface area (Å²) in [6.07, 6.45) is 0.874. The van der Waals surface area contributed by atoms with E-state index in [0.717, 1.165) is 5.69 Å². The Morgan fingerprint density at radius 3 is 2.50 bits per heavy atom. The first kappa shape index (κ1) is 27.0. The van der Waals surface area contributed by atoms with E-state index in [1.165, 1.54) is 18.3 Å². The van der Waals surface area contributed by atoms with E-state index < -0.39 is 29.4 Å². The van der Waals surface area contributed by atoms with Crippen molar-refractivity contribution >= 4 is 78.4 Å². The number of benzene rings is 1. The maximum atomic E-state index is 12.4. The molecule has 0 spiro atoms. The van der Waals surface area contributed by atoms with Crippen molar-refractivity contribution in [1.82, 2.24) is 25.3 Å². The molecule has 13 nitrogen and oxygen atoms in total. The van der Waals surface area contributed by atoms with E-state index in [-0.39, 0.29) is 76.1 Å². The van der Waals surface area contributed by atoms with Crippen LogP contribution in [0.3, 0.4) is 0 Å². The van der Waals surface area contributed by atoms with Crippen molar-refractivity contribution in [3.05, 3.63) is 52.1 Å². The van der Waals surface area contributed by atoms with Gasteiger partial charge in [0.1, 0.15) is 6.04 Å². The van der Waals surface area contributed by atoms with E-state index in [1.54, 1.807) is 19.2 Å². The molecular weight excluding hydrogens is 474 g/mol. The molecule has 0 unspecified atom stereocenters. The molecule has 3 rings (SSSR count). The first-order chi connectivity index (χ1) is 15.6. The summed E-state index contributed by atoms with van der Waals surface area (Å²) in [5.41, 5.74) is 6.66. The number of nitrogens with two attached hydrogens (primary N) is 1. The van der Waals surface area contributed by atoms with Crippen molar-refractivity contribution < 1.29 is 27.4 Å². The Labute approximate surface area is 225 Å². The van der Waals surface area contributed by atoms with Crippen LogP contribution in [0.25, 0.3) is 11.2 Å². The molecule has 3 aromatic rings. The molecule has 1 aromatic carbocycles. The minimum atomic E-state index is -1.31. The van der Waals surface area contributed by atoms with Crippen LogP contribution in [0.2, 0.25) is 0 Å². The molecule has 0 aliphatic rings. The molecule has 0 fully saturated rings. The van der Waals surface area contributed by atoms with Crippen LogP contribution >= 0.6 is 0 Å². The van der Waals surface area contributed by atoms with Gasteiger partial charge in [-0.15, -0.1) is 0 Å². The molecule has 2 aromatic heterocycles. The van der Waals surface area contributed by atoms with Crippen molar-refractivity contribution in [2.45, 2.75) is 25.4 Å². The second kappa shape index (κ2) is 11.7. The number of aliphatic carboxylic acids is 2. The van der Waals surface area contributed by atoms with Crippen LogP contribution < -0.4 is 21.5 Å². The maximum Gasteiger partial charge on any atom is 2.00 e. The van der Waals surface area contributed by atoms with Crippen LogP contribution in [0.4, 0.5) is 11.6 Å². The zero-order chi connectivity index (χ0) is 24.1. The molecule has 0 saturated carbocycles. The number of nitrogen functional groups attached to an aromatic ring is 1. The average Bonchev–Trinajstić information content (AvgIpc) is 2.76. The van der Waals surface area contributed by atoms with Gasteiger partial charge in [-0.25, -0.2) is 14.8 Å². The van der Waals surface area contributed by atoms with Gasteiger partial charge >= 0.3 is 49.7 Å². The Balaban J connectivity index is 0.00000408. The summed E-state index contributed by atoms with van der Waals surface area (Å²) in [6, 6.07) is 5.04. The number of aromatic amines is 1. The molecule has 0 aliphatic heterocycles. The van der Waals surface area contributed by atoms with Gasteiger partial charge in [-0.2, -0.15) is 4.98 Å². The Morgan fingerprint density at radius 2 is 1.88 bits per heavy atom. The summed E-state index contributed by atoms with van der Waals surface area (Å²) in [4.78, 5) is 62.8. The summed E-state index contributed by atoms with van der Waals surface area (Å²) in [7, 11) is 1.78. The van der Waals surface area contributed by atoms with E-state index in [2.05, 4.69) is 25.3 Å². The summed E-state index contributed by atoms with van der Waals surface area (Å²) in [5.74, 6) is -3.14. The predicted octanol–water partition coefficient (Wildman–Crippen LogP) is -0.176. The van der Waals surface area contributed by atoms with Gasteiger partial charge in [0.2, 0.25) is 5.95 Å². The summed E-state index contributed by atoms with van der Waals surface area (Å²) < 4.78 is 0. The molecular formula is C20H23CaN7O6. The van der Waals surface area contributed by atoms with E-state index >= 15 is 0 Å². The van der Waals surface area contributed by atoms with E-state index in [1.807, 2.05) is 4.90 Å². The molecule has 14 heteroatoms. The number of carboxylic acids is 2. The zero-order valence-electron chi connectivity index (χ0n) is 20.2. The Morgan fingerprint density at radius 1 is 1.21 bits per heavy atom. The van der Waals surface area contributed by atoms with Gasteiger partial charge in [-0.1, -0.05) is 0 Å². The van der Waals surface area contributed by atoms with Gasteiger partial charge in [0, 0.05) is 24.7 Å². The number of carboxylic acid groups (broad SMARTS) is 2. The quantitative estimate of drug-likeness (QED) is 0.245. The number of aromatic nitrogens is 4. The van der Waals surface area contributed by atoms with Crippen LogP contribution in [0, 0.1) is 0 Å². The van der Waals surface area contributed by atoms with E-state index in [4.69, 9.17) is 10.8 Å². The van der Waals surface area contributed by atoms with Crippen molar-refractivity contribution in [3.8, 4) is 0 Å². The predicted molar refractivity (Wildman–Crippen MR) is 125 cm³/mol. The number of anilines is 2. The van der Waals surface area contributed by atoms with Crippen LogP contribution in [0.5, 0.6) is 0 Å². The van der Waals surface area contributed by atoms with Gasteiger partial charge in [-0.3, -0.25) is 19.4 Å². The van der Waals surface area contributed by atoms with E-state index in [0.29, 0.717) is 12.2 Å². The van der Waals surface area contributed by atoms with Crippen molar-refractivity contribution in [2.75, 3.05) is 17.7 Å². The van der Waals surface area contributed by atoms with Crippen LogP contribution in [-0.2, 0) is 16.1 Å². The topological polar surface area (TPSA) is 204 Å². The smallest absolute Gasteiger partial charge is 1.00 e. The molecule has 2 heterocycles. The summed E-state index contributed by atoms with van der Waals surface area (Å²) >= 11 is 0. The fourth-order valence-electron chi connectivity index (χ4n) is 3.02. The maximum absolute atomic E-state index is 12.4. The monoisotopic (exact) mass is 497 g/mol. The van der Waals surface area contributed by atoms with Gasteiger partial charge < -0.3 is 29.0 Å². The summed E-state index contributed by atoms with van der Waals surface area (Å²) in [5, 5.41) is 20.2. The Kier molecular flexibility index (Phi) is 9.29. The van der Waals surface area contributed by atoms with Crippen molar-refractivity contribution in [1.29, 1.82) is 0 Å². The molecule has 6 N–H and O–H groups in total. The minimum Gasteiger partial charge on any atom is -1.00 e. The van der Waals surface area contributed by atoms with Gasteiger partial charge in [-0.05, 0) is 30.7 Å². The van der Waals surface area contributed by atoms with Crippen molar-refractivity contribution in [2.24, 2.45) is 0 Å². The molecule has 1 amide bonds. The molecule has 0 radical (unpaired) electrons. The standard InChI is InChI=1S/C20H21N7O6.Ca.2H/c1-27(9-11-8-22-16-15(23-11)18(31)26-20(21)25-16)12-4-2-10(3-5-12)17(30)24-13(19(32)33)6-7-14(28)29;;;/h2-5,8,13H,6-7,9H2,1H3,(H,24,30)(H,28,29)(H,32,33)(H3,21,22,25,26,31);;;/q;+2;2*-1/t13-;;;/m0.../s1. The first-order valence-electron chi connectivity index (χ1n) is 9.72. The van der Waals surface area contributed by atoms with Crippen LogP contribution in [0.1, 0.15) is 31.7 Å². The number of nitrogens with one attached hydrogen (secondary N) is 2. The Hall–Kier alpha value is -3.29. The van der Waals surface area contributed by atoms with Gasteiger partial charge in [0.15, 0.2) is 11.2 Å². The number of rotatable bonds is 9. The van der Waals surface area contributed by atoms with Crippen molar-refractivity contribution in [3.63, 3.8) is 0 Å². The number of hydrogen-bond acceptors (Lipinski definition) is 9. The largest absolute Gasteiger partial charge is 2.00 e. The number of carbonyl (C=O) groups is 3. The number of fused-ring (bicyclic) bond motifs is 1. The molecule has 0 bridgehead atoms. The number of amides is 1. The molecule has 34 heavy (non-hydrogen) atoms. The van der Waals surface area contributed by atoms with E-state index in [9.17, 15) is 24.3 Å². The third-order valence-corrected chi connectivity index (χ3v) is 4.71. The van der Waals surface area contributed by atoms with Crippen LogP contribution in [0.15, 0.2) is 35.3 Å². The molecule has 0 aliphatic carbocycles. The Bertz CT molecular complexity index is 1280. The summed E-state index contributed by atoms with van der Waals surface area (Å²) in [6.45, 7) is 0.300. The molecule has 1 atom stereocenters. The molecule has 176 valence electrons. The SMILES string of the molecule is CN(Cc1cnc2nc(N)[nH]c(=O)c2n1)c1ccc(C(=O)N[C@@H](CCC(=O)O)C(=O)O)cc1.[Ca+2].[H-].[H-]. The third-order valence-electron chi connectivity index (χ3n) is 4.71. The number of carbonyl (C=O) groups excluding carboxylic acids is 1. The average molecular weight is 498 g/mol. The second-order valence-corrected chi connectivity index (χ2v) is 7.18. The number of nitrogens with zero attached hydrogens (tertiary/aromatic N) is 4. The fraction of sp³-hybridized carbons (Fsp3) is 0.250. The van der Waals surface area contributed by atoms with Crippen LogP contribution in [-0.4, -0.2) is 98.8 Å². The van der Waals surface area contributed by atoms with Gasteiger partial charge in [0.05, 0.1) is 18.4 Å². The normalized spacial score (nSPS) is 11.3. The molecule has 0 saturated heterocycles. The van der Waals surface area contributed by atoms with Gasteiger partial charge in [0.25, 0.3) is 11.5 Å². The first-order valence-corrected chi connectivity index (χ1v) is 9.72.